The van der Waals surface area contributed by atoms with Crippen LogP contribution in [0.15, 0.2) is 10.5 Å². The van der Waals surface area contributed by atoms with Gasteiger partial charge in [-0.25, -0.2) is 9.67 Å². The minimum Gasteiger partial charge on any atom is -0.312 e. The highest BCUT2D eigenvalue weighted by molar-refractivity contribution is 7.98. The predicted molar refractivity (Wildman–Crippen MR) is 84.5 cm³/mol. The normalized spacial score (nSPS) is 14.7. The molecule has 0 amide bonds. The number of thiazole rings is 1. The zero-order chi connectivity index (χ0) is 14.5. The molecule has 6 nitrogen and oxygen atoms in total. The molecule has 0 aromatic carbocycles. The third-order valence-electron chi connectivity index (χ3n) is 3.25. The van der Waals surface area contributed by atoms with Crippen LogP contribution in [0, 0.1) is 0 Å². The molecular weight excluding hydrogens is 304 g/mol. The van der Waals surface area contributed by atoms with Gasteiger partial charge in [-0.05, 0) is 36.1 Å². The molecule has 1 saturated carbocycles. The van der Waals surface area contributed by atoms with Crippen LogP contribution in [-0.4, -0.2) is 37.8 Å². The van der Waals surface area contributed by atoms with Crippen molar-refractivity contribution in [3.05, 3.63) is 16.1 Å². The lowest BCUT2D eigenvalue weighted by molar-refractivity contribution is 0.509. The highest BCUT2D eigenvalue weighted by Crippen LogP contribution is 2.22. The van der Waals surface area contributed by atoms with E-state index in [2.05, 4.69) is 38.1 Å². The van der Waals surface area contributed by atoms with Crippen molar-refractivity contribution in [2.45, 2.75) is 56.1 Å². The maximum absolute atomic E-state index is 4.63. The number of rotatable bonds is 9. The Kier molecular flexibility index (Phi) is 5.21. The predicted octanol–water partition coefficient (Wildman–Crippen LogP) is 2.13. The van der Waals surface area contributed by atoms with E-state index in [4.69, 9.17) is 0 Å². The number of aromatic nitrogens is 5. The zero-order valence-electron chi connectivity index (χ0n) is 12.2. The van der Waals surface area contributed by atoms with Gasteiger partial charge in [0.25, 0.3) is 0 Å². The summed E-state index contributed by atoms with van der Waals surface area (Å²) in [6.45, 7) is 3.93. The van der Waals surface area contributed by atoms with Crippen molar-refractivity contribution in [3.8, 4) is 0 Å². The van der Waals surface area contributed by atoms with Crippen LogP contribution in [0.4, 0.5) is 0 Å². The molecule has 0 atom stereocenters. The van der Waals surface area contributed by atoms with E-state index >= 15 is 0 Å². The van der Waals surface area contributed by atoms with Crippen LogP contribution in [0.2, 0.25) is 0 Å². The minimum atomic E-state index is 0.726. The van der Waals surface area contributed by atoms with Gasteiger partial charge in [0, 0.05) is 23.7 Å². The molecule has 2 aromatic rings. The molecule has 8 heteroatoms. The molecule has 1 aliphatic carbocycles. The standard InChI is InChI=1S/C13H20N6S2/c1-2-3-12-15-11(8-20-12)9-21-13-16-17-18-19(13)7-6-14-10-4-5-10/h8,10,14H,2-7,9H2,1H3. The van der Waals surface area contributed by atoms with Crippen molar-refractivity contribution in [1.29, 1.82) is 0 Å². The molecule has 0 saturated heterocycles. The fraction of sp³-hybridized carbons (Fsp3) is 0.692. The van der Waals surface area contributed by atoms with Crippen molar-refractivity contribution >= 4 is 23.1 Å². The Balaban J connectivity index is 1.48. The fourth-order valence-corrected chi connectivity index (χ4v) is 3.79. The maximum Gasteiger partial charge on any atom is 0.209 e. The van der Waals surface area contributed by atoms with Gasteiger partial charge in [0.15, 0.2) is 0 Å². The molecule has 1 fully saturated rings. The van der Waals surface area contributed by atoms with Crippen LogP contribution in [0.25, 0.3) is 0 Å². The van der Waals surface area contributed by atoms with E-state index in [9.17, 15) is 0 Å². The van der Waals surface area contributed by atoms with E-state index in [0.29, 0.717) is 0 Å². The smallest absolute Gasteiger partial charge is 0.209 e. The Morgan fingerprint density at radius 2 is 2.38 bits per heavy atom. The van der Waals surface area contributed by atoms with Gasteiger partial charge in [0.2, 0.25) is 5.16 Å². The summed E-state index contributed by atoms with van der Waals surface area (Å²) in [5.74, 6) is 0.830. The molecule has 3 rings (SSSR count). The number of nitrogens with zero attached hydrogens (tertiary/aromatic N) is 5. The summed E-state index contributed by atoms with van der Waals surface area (Å²) < 4.78 is 1.87. The molecule has 1 N–H and O–H groups in total. The lowest BCUT2D eigenvalue weighted by Crippen LogP contribution is -2.22. The Morgan fingerprint density at radius 1 is 1.48 bits per heavy atom. The highest BCUT2D eigenvalue weighted by Gasteiger charge is 2.20. The van der Waals surface area contributed by atoms with Gasteiger partial charge in [-0.2, -0.15) is 0 Å². The molecule has 0 radical (unpaired) electrons. The summed E-state index contributed by atoms with van der Waals surface area (Å²) in [4.78, 5) is 4.63. The number of thioether (sulfide) groups is 1. The molecule has 0 bridgehead atoms. The van der Waals surface area contributed by atoms with Crippen molar-refractivity contribution in [3.63, 3.8) is 0 Å². The molecule has 0 unspecified atom stereocenters. The van der Waals surface area contributed by atoms with E-state index in [1.165, 1.54) is 17.8 Å². The zero-order valence-corrected chi connectivity index (χ0v) is 13.8. The summed E-state index contributed by atoms with van der Waals surface area (Å²) >= 11 is 3.40. The quantitative estimate of drug-likeness (QED) is 0.713. The second-order valence-electron chi connectivity index (χ2n) is 5.18. The average molecular weight is 324 g/mol. The highest BCUT2D eigenvalue weighted by atomic mass is 32.2. The first-order chi connectivity index (χ1) is 10.3. The SMILES string of the molecule is CCCc1nc(CSc2nnnn2CCNC2CC2)cs1. The number of hydrogen-bond acceptors (Lipinski definition) is 7. The summed E-state index contributed by atoms with van der Waals surface area (Å²) in [6, 6.07) is 0.726. The van der Waals surface area contributed by atoms with Crippen LogP contribution < -0.4 is 5.32 Å². The van der Waals surface area contributed by atoms with Gasteiger partial charge < -0.3 is 5.32 Å². The fourth-order valence-electron chi connectivity index (χ4n) is 1.98. The second kappa shape index (κ2) is 7.33. The average Bonchev–Trinajstić information content (AvgIpc) is 3.01. The largest absolute Gasteiger partial charge is 0.312 e. The van der Waals surface area contributed by atoms with Crippen LogP contribution in [0.3, 0.4) is 0 Å². The van der Waals surface area contributed by atoms with Crippen molar-refractivity contribution in [2.24, 2.45) is 0 Å². The summed E-state index contributed by atoms with van der Waals surface area (Å²) in [6.07, 6.45) is 4.83. The molecule has 0 spiro atoms. The number of hydrogen-bond donors (Lipinski definition) is 1. The Hall–Kier alpha value is -0.990. The lowest BCUT2D eigenvalue weighted by atomic mass is 10.3. The second-order valence-corrected chi connectivity index (χ2v) is 7.07. The molecule has 0 aliphatic heterocycles. The monoisotopic (exact) mass is 324 g/mol. The number of nitrogens with one attached hydrogen (secondary N) is 1. The van der Waals surface area contributed by atoms with E-state index < -0.39 is 0 Å². The van der Waals surface area contributed by atoms with Gasteiger partial charge in [-0.15, -0.1) is 16.4 Å². The van der Waals surface area contributed by atoms with E-state index in [-0.39, 0.29) is 0 Å². The topological polar surface area (TPSA) is 68.5 Å². The van der Waals surface area contributed by atoms with Crippen LogP contribution in [0.5, 0.6) is 0 Å². The van der Waals surface area contributed by atoms with E-state index in [1.807, 2.05) is 4.68 Å². The first kappa shape index (κ1) is 14.9. The molecule has 21 heavy (non-hydrogen) atoms. The third-order valence-corrected chi connectivity index (χ3v) is 5.19. The summed E-state index contributed by atoms with van der Waals surface area (Å²) in [5.41, 5.74) is 1.12. The van der Waals surface area contributed by atoms with Crippen LogP contribution in [-0.2, 0) is 18.7 Å². The molecule has 114 valence electrons. The van der Waals surface area contributed by atoms with E-state index in [0.717, 1.165) is 48.6 Å². The van der Waals surface area contributed by atoms with Crippen molar-refractivity contribution in [2.75, 3.05) is 6.54 Å². The van der Waals surface area contributed by atoms with Crippen LogP contribution in [0.1, 0.15) is 36.9 Å². The van der Waals surface area contributed by atoms with Gasteiger partial charge in [-0.3, -0.25) is 0 Å². The third kappa shape index (κ3) is 4.49. The summed E-state index contributed by atoms with van der Waals surface area (Å²) in [5, 5.41) is 19.6. The molecule has 2 heterocycles. The van der Waals surface area contributed by atoms with Crippen molar-refractivity contribution < 1.29 is 0 Å². The Bertz CT molecular complexity index is 563. The molecule has 2 aromatic heterocycles. The van der Waals surface area contributed by atoms with Gasteiger partial charge in [0.05, 0.1) is 17.2 Å². The number of aryl methyl sites for hydroxylation is 1. The minimum absolute atomic E-state index is 0.726. The Morgan fingerprint density at radius 3 is 3.19 bits per heavy atom. The number of tetrazole rings is 1. The van der Waals surface area contributed by atoms with Gasteiger partial charge in [-0.1, -0.05) is 18.7 Å². The Labute approximate surface area is 132 Å². The first-order valence-corrected chi connectivity index (χ1v) is 9.27. The van der Waals surface area contributed by atoms with Crippen molar-refractivity contribution in [1.82, 2.24) is 30.5 Å². The maximum atomic E-state index is 4.63. The summed E-state index contributed by atoms with van der Waals surface area (Å²) in [7, 11) is 0. The van der Waals surface area contributed by atoms with Gasteiger partial charge in [0.1, 0.15) is 0 Å². The van der Waals surface area contributed by atoms with Crippen LogP contribution >= 0.6 is 23.1 Å². The van der Waals surface area contributed by atoms with E-state index in [1.54, 1.807) is 23.1 Å². The van der Waals surface area contributed by atoms with Gasteiger partial charge >= 0.3 is 0 Å². The lowest BCUT2D eigenvalue weighted by Gasteiger charge is -2.04. The molecular formula is C13H20N6S2. The first-order valence-electron chi connectivity index (χ1n) is 7.40. The molecule has 1 aliphatic rings.